The lowest BCUT2D eigenvalue weighted by Gasteiger charge is -2.22. The first-order valence-corrected chi connectivity index (χ1v) is 11.3. The number of thioether (sulfide) groups is 1. The van der Waals surface area contributed by atoms with Crippen LogP contribution in [-0.2, 0) is 0 Å². The second kappa shape index (κ2) is 9.02. The Labute approximate surface area is 185 Å². The van der Waals surface area contributed by atoms with Crippen molar-refractivity contribution in [1.82, 2.24) is 14.9 Å². The first kappa shape index (κ1) is 20.6. The van der Waals surface area contributed by atoms with Crippen LogP contribution in [0, 0.1) is 0 Å². The number of nitrogens with one attached hydrogen (secondary N) is 1. The molecule has 0 aliphatic carbocycles. The summed E-state index contributed by atoms with van der Waals surface area (Å²) in [6, 6.07) is 13.2. The number of imidazole rings is 1. The molecule has 0 unspecified atom stereocenters. The predicted molar refractivity (Wildman–Crippen MR) is 121 cm³/mol. The fraction of sp³-hybridized carbons (Fsp3) is 0.273. The average Bonchev–Trinajstić information content (AvgIpc) is 3.43. The lowest BCUT2D eigenvalue weighted by atomic mass is 10.1. The maximum absolute atomic E-state index is 12.9. The molecule has 1 fully saturated rings. The molecule has 1 atom stereocenters. The van der Waals surface area contributed by atoms with E-state index in [1.807, 2.05) is 59.5 Å². The monoisotopic (exact) mass is 442 g/mol. The van der Waals surface area contributed by atoms with Crippen molar-refractivity contribution in [3.8, 4) is 11.4 Å². The zero-order valence-electron chi connectivity index (χ0n) is 16.8. The second-order valence-corrected chi connectivity index (χ2v) is 8.27. The molecule has 30 heavy (non-hydrogen) atoms. The molecule has 3 aromatic rings. The Bertz CT molecular complexity index is 1060. The lowest BCUT2D eigenvalue weighted by molar-refractivity contribution is 0.0940. The lowest BCUT2D eigenvalue weighted by Crippen LogP contribution is -2.37. The molecule has 4 rings (SSSR count). The minimum atomic E-state index is -0.0763. The highest BCUT2D eigenvalue weighted by Gasteiger charge is 2.26. The summed E-state index contributed by atoms with van der Waals surface area (Å²) in [6.07, 6.45) is 6.50. The highest BCUT2D eigenvalue weighted by molar-refractivity contribution is 7.98. The Morgan fingerprint density at radius 1 is 1.30 bits per heavy atom. The van der Waals surface area contributed by atoms with Gasteiger partial charge in [0.2, 0.25) is 0 Å². The van der Waals surface area contributed by atoms with Gasteiger partial charge in [-0.05, 0) is 49.1 Å². The maximum Gasteiger partial charge on any atom is 0.251 e. The van der Waals surface area contributed by atoms with Gasteiger partial charge in [0, 0.05) is 47.8 Å². The third-order valence-electron chi connectivity index (χ3n) is 5.18. The Morgan fingerprint density at radius 2 is 2.17 bits per heavy atom. The number of carbonyl (C=O) groups is 1. The Morgan fingerprint density at radius 3 is 2.97 bits per heavy atom. The van der Waals surface area contributed by atoms with Crippen molar-refractivity contribution in [1.29, 1.82) is 0 Å². The van der Waals surface area contributed by atoms with Crippen LogP contribution in [0.15, 0.2) is 60.0 Å². The molecule has 1 amide bonds. The zero-order chi connectivity index (χ0) is 21.1. The SMILES string of the molecule is COc1ccc(Cl)cc1N1CC[C@H](NC(=O)c2cccc(-n3ccnc3SC)c2)C1. The van der Waals surface area contributed by atoms with Gasteiger partial charge >= 0.3 is 0 Å². The predicted octanol–water partition coefficient (Wildman–Crippen LogP) is 4.26. The molecule has 1 saturated heterocycles. The smallest absolute Gasteiger partial charge is 0.251 e. The van der Waals surface area contributed by atoms with E-state index in [1.54, 1.807) is 25.1 Å². The summed E-state index contributed by atoms with van der Waals surface area (Å²) in [4.78, 5) is 19.4. The number of amides is 1. The number of halogens is 1. The molecule has 156 valence electrons. The highest BCUT2D eigenvalue weighted by Crippen LogP contribution is 2.33. The number of anilines is 1. The van der Waals surface area contributed by atoms with Crippen molar-refractivity contribution < 1.29 is 9.53 Å². The largest absolute Gasteiger partial charge is 0.495 e. The highest BCUT2D eigenvalue weighted by atomic mass is 35.5. The molecule has 1 aliphatic rings. The third kappa shape index (κ3) is 4.27. The van der Waals surface area contributed by atoms with Gasteiger partial charge in [-0.2, -0.15) is 0 Å². The standard InChI is InChI=1S/C22H23ClN4O2S/c1-29-20-7-6-16(23)13-19(20)26-10-8-17(14-26)25-21(28)15-4-3-5-18(12-15)27-11-9-24-22(27)30-2/h3-7,9,11-13,17H,8,10,14H2,1-2H3,(H,25,28)/t17-/m0/s1. The van der Waals surface area contributed by atoms with E-state index < -0.39 is 0 Å². The number of rotatable bonds is 6. The van der Waals surface area contributed by atoms with Crippen LogP contribution in [0.2, 0.25) is 5.02 Å². The molecule has 0 bridgehead atoms. The van der Waals surface area contributed by atoms with Crippen LogP contribution >= 0.6 is 23.4 Å². The van der Waals surface area contributed by atoms with Crippen LogP contribution in [0.1, 0.15) is 16.8 Å². The number of nitrogens with zero attached hydrogens (tertiary/aromatic N) is 3. The van der Waals surface area contributed by atoms with Crippen molar-refractivity contribution in [2.45, 2.75) is 17.6 Å². The van der Waals surface area contributed by atoms with Gasteiger partial charge in [0.25, 0.3) is 5.91 Å². The van der Waals surface area contributed by atoms with Gasteiger partial charge < -0.3 is 15.0 Å². The summed E-state index contributed by atoms with van der Waals surface area (Å²) in [6.45, 7) is 1.54. The van der Waals surface area contributed by atoms with Crippen LogP contribution in [0.4, 0.5) is 5.69 Å². The summed E-state index contributed by atoms with van der Waals surface area (Å²) >= 11 is 7.74. The van der Waals surface area contributed by atoms with E-state index >= 15 is 0 Å². The minimum absolute atomic E-state index is 0.0554. The molecule has 1 aliphatic heterocycles. The molecule has 0 saturated carbocycles. The fourth-order valence-electron chi connectivity index (χ4n) is 3.71. The number of methoxy groups -OCH3 is 1. The maximum atomic E-state index is 12.9. The Kier molecular flexibility index (Phi) is 6.20. The molecule has 8 heteroatoms. The molecular formula is C22H23ClN4O2S. The first-order valence-electron chi connectivity index (χ1n) is 9.66. The fourth-order valence-corrected chi connectivity index (χ4v) is 4.41. The summed E-state index contributed by atoms with van der Waals surface area (Å²) in [7, 11) is 1.65. The van der Waals surface area contributed by atoms with Gasteiger partial charge in [-0.15, -0.1) is 0 Å². The number of ether oxygens (including phenoxy) is 1. The Hall–Kier alpha value is -2.64. The number of benzene rings is 2. The molecule has 2 heterocycles. The minimum Gasteiger partial charge on any atom is -0.495 e. The van der Waals surface area contributed by atoms with Crippen LogP contribution in [0.25, 0.3) is 5.69 Å². The molecule has 1 aromatic heterocycles. The van der Waals surface area contributed by atoms with Gasteiger partial charge in [0.05, 0.1) is 12.8 Å². The Balaban J connectivity index is 1.45. The number of aromatic nitrogens is 2. The van der Waals surface area contributed by atoms with E-state index in [0.29, 0.717) is 17.1 Å². The third-order valence-corrected chi connectivity index (χ3v) is 6.08. The number of hydrogen-bond acceptors (Lipinski definition) is 5. The van der Waals surface area contributed by atoms with Gasteiger partial charge in [-0.25, -0.2) is 4.98 Å². The molecule has 1 N–H and O–H groups in total. The normalized spacial score (nSPS) is 16.0. The van der Waals surface area contributed by atoms with E-state index in [4.69, 9.17) is 16.3 Å². The number of hydrogen-bond donors (Lipinski definition) is 1. The summed E-state index contributed by atoms with van der Waals surface area (Å²) < 4.78 is 7.45. The van der Waals surface area contributed by atoms with Crippen molar-refractivity contribution in [2.75, 3.05) is 31.4 Å². The van der Waals surface area contributed by atoms with Gasteiger partial charge in [0.15, 0.2) is 5.16 Å². The summed E-state index contributed by atoms with van der Waals surface area (Å²) in [5.74, 6) is 0.705. The van der Waals surface area contributed by atoms with Crippen molar-refractivity contribution in [2.24, 2.45) is 0 Å². The van der Waals surface area contributed by atoms with Gasteiger partial charge in [-0.3, -0.25) is 9.36 Å². The summed E-state index contributed by atoms with van der Waals surface area (Å²) in [5, 5.41) is 4.71. The van der Waals surface area contributed by atoms with Crippen LogP contribution in [-0.4, -0.2) is 48.0 Å². The van der Waals surface area contributed by atoms with Crippen LogP contribution in [0.5, 0.6) is 5.75 Å². The molecule has 0 spiro atoms. The van der Waals surface area contributed by atoms with Crippen molar-refractivity contribution in [3.05, 3.63) is 65.4 Å². The summed E-state index contributed by atoms with van der Waals surface area (Å²) in [5.41, 5.74) is 2.50. The van der Waals surface area contributed by atoms with E-state index in [2.05, 4.69) is 15.2 Å². The van der Waals surface area contributed by atoms with Crippen LogP contribution in [0.3, 0.4) is 0 Å². The van der Waals surface area contributed by atoms with E-state index in [1.165, 1.54) is 0 Å². The second-order valence-electron chi connectivity index (χ2n) is 7.06. The molecule has 6 nitrogen and oxygen atoms in total. The van der Waals surface area contributed by atoms with E-state index in [9.17, 15) is 4.79 Å². The average molecular weight is 443 g/mol. The van der Waals surface area contributed by atoms with Crippen molar-refractivity contribution in [3.63, 3.8) is 0 Å². The molecule has 0 radical (unpaired) electrons. The van der Waals surface area contributed by atoms with Gasteiger partial charge in [0.1, 0.15) is 5.75 Å². The zero-order valence-corrected chi connectivity index (χ0v) is 18.4. The van der Waals surface area contributed by atoms with Crippen LogP contribution < -0.4 is 15.0 Å². The van der Waals surface area contributed by atoms with Crippen molar-refractivity contribution >= 4 is 35.0 Å². The quantitative estimate of drug-likeness (QED) is 0.578. The topological polar surface area (TPSA) is 59.4 Å². The molecule has 2 aromatic carbocycles. The first-order chi connectivity index (χ1) is 14.6. The van der Waals surface area contributed by atoms with E-state index in [0.717, 1.165) is 35.2 Å². The van der Waals surface area contributed by atoms with Gasteiger partial charge in [-0.1, -0.05) is 29.4 Å². The van der Waals surface area contributed by atoms with E-state index in [-0.39, 0.29) is 11.9 Å². The number of carbonyl (C=O) groups excluding carboxylic acids is 1. The molecular weight excluding hydrogens is 420 g/mol.